The third-order valence-corrected chi connectivity index (χ3v) is 4.51. The molecular formula is C18H16ClN5O4S. The number of hydrogen-bond acceptors (Lipinski definition) is 7. The number of hydrogen-bond donors (Lipinski definition) is 1. The van der Waals surface area contributed by atoms with Crippen molar-refractivity contribution in [3.8, 4) is 11.5 Å². The van der Waals surface area contributed by atoms with Crippen molar-refractivity contribution in [2.45, 2.75) is 13.5 Å². The summed E-state index contributed by atoms with van der Waals surface area (Å²) in [6.07, 6.45) is 1.64. The van der Waals surface area contributed by atoms with Gasteiger partial charge in [-0.2, -0.15) is 14.9 Å². The van der Waals surface area contributed by atoms with Crippen molar-refractivity contribution < 1.29 is 14.4 Å². The van der Waals surface area contributed by atoms with Gasteiger partial charge in [0.05, 0.1) is 23.3 Å². The van der Waals surface area contributed by atoms with Crippen LogP contribution in [0.2, 0.25) is 5.02 Å². The van der Waals surface area contributed by atoms with E-state index in [1.54, 1.807) is 26.3 Å². The number of nitrogens with zero attached hydrogens (tertiary/aromatic N) is 4. The first kappa shape index (κ1) is 20.5. The lowest BCUT2D eigenvalue weighted by molar-refractivity contribution is -0.384. The van der Waals surface area contributed by atoms with Crippen LogP contribution in [0.5, 0.6) is 11.5 Å². The van der Waals surface area contributed by atoms with E-state index in [-0.39, 0.29) is 17.3 Å². The van der Waals surface area contributed by atoms with Crippen molar-refractivity contribution in [1.29, 1.82) is 0 Å². The Bertz CT molecular complexity index is 1140. The van der Waals surface area contributed by atoms with E-state index in [0.29, 0.717) is 22.1 Å². The predicted molar refractivity (Wildman–Crippen MR) is 111 cm³/mol. The van der Waals surface area contributed by atoms with E-state index in [4.69, 9.17) is 33.3 Å². The fourth-order valence-corrected chi connectivity index (χ4v) is 2.95. The van der Waals surface area contributed by atoms with Gasteiger partial charge in [0, 0.05) is 17.7 Å². The zero-order valence-electron chi connectivity index (χ0n) is 15.5. The minimum absolute atomic E-state index is 0.105. The van der Waals surface area contributed by atoms with E-state index in [1.807, 2.05) is 12.1 Å². The van der Waals surface area contributed by atoms with Crippen LogP contribution in [0.25, 0.3) is 0 Å². The topological polar surface area (TPSA) is 108 Å². The Morgan fingerprint density at radius 1 is 1.34 bits per heavy atom. The number of ether oxygens (including phenoxy) is 2. The first-order valence-corrected chi connectivity index (χ1v) is 9.09. The molecule has 29 heavy (non-hydrogen) atoms. The molecule has 3 rings (SSSR count). The van der Waals surface area contributed by atoms with Gasteiger partial charge in [-0.1, -0.05) is 11.6 Å². The van der Waals surface area contributed by atoms with E-state index in [2.05, 4.69) is 15.3 Å². The maximum atomic E-state index is 10.8. The van der Waals surface area contributed by atoms with E-state index in [1.165, 1.54) is 22.9 Å². The van der Waals surface area contributed by atoms with Gasteiger partial charge in [0.1, 0.15) is 23.9 Å². The Hall–Kier alpha value is -3.24. The molecule has 11 heteroatoms. The van der Waals surface area contributed by atoms with Gasteiger partial charge in [-0.15, -0.1) is 0 Å². The van der Waals surface area contributed by atoms with Gasteiger partial charge in [0.25, 0.3) is 5.69 Å². The monoisotopic (exact) mass is 433 g/mol. The molecule has 0 saturated heterocycles. The second-order valence-corrected chi connectivity index (χ2v) is 6.66. The largest absolute Gasteiger partial charge is 0.496 e. The van der Waals surface area contributed by atoms with Gasteiger partial charge >= 0.3 is 0 Å². The highest BCUT2D eigenvalue weighted by Gasteiger charge is 2.12. The van der Waals surface area contributed by atoms with Gasteiger partial charge in [-0.25, -0.2) is 0 Å². The summed E-state index contributed by atoms with van der Waals surface area (Å²) < 4.78 is 13.0. The molecule has 0 atom stereocenters. The summed E-state index contributed by atoms with van der Waals surface area (Å²) in [6, 6.07) is 9.51. The first-order chi connectivity index (χ1) is 13.9. The fraction of sp³-hybridized carbons (Fsp3) is 0.167. The molecule has 3 aromatic rings. The number of rotatable bonds is 7. The summed E-state index contributed by atoms with van der Waals surface area (Å²) in [5.41, 5.74) is 1.44. The quantitative estimate of drug-likeness (QED) is 0.258. The van der Waals surface area contributed by atoms with Crippen molar-refractivity contribution in [3.63, 3.8) is 0 Å². The molecule has 0 saturated carbocycles. The second-order valence-electron chi connectivity index (χ2n) is 5.86. The Kier molecular flexibility index (Phi) is 6.25. The van der Waals surface area contributed by atoms with Crippen LogP contribution in [0.4, 0.5) is 5.69 Å². The molecule has 0 amide bonds. The molecule has 0 radical (unpaired) electrons. The maximum Gasteiger partial charge on any atom is 0.271 e. The van der Waals surface area contributed by atoms with Gasteiger partial charge in [-0.05, 0) is 49.0 Å². The summed E-state index contributed by atoms with van der Waals surface area (Å²) in [7, 11) is 1.56. The van der Waals surface area contributed by atoms with Gasteiger partial charge < -0.3 is 9.47 Å². The number of aromatic amines is 1. The number of nitrogens with one attached hydrogen (secondary N) is 1. The lowest BCUT2D eigenvalue weighted by atomic mass is 10.1. The van der Waals surface area contributed by atoms with Crippen LogP contribution >= 0.6 is 23.8 Å². The number of aryl methyl sites for hydroxylation is 1. The van der Waals surface area contributed by atoms with Crippen LogP contribution in [-0.2, 0) is 6.61 Å². The van der Waals surface area contributed by atoms with E-state index >= 15 is 0 Å². The molecule has 1 N–H and O–H groups in total. The van der Waals surface area contributed by atoms with Crippen LogP contribution in [0, 0.1) is 21.8 Å². The SMILES string of the molecule is COc1ccc(/C=N\n2c(C)n[nH]c2=S)cc1COc1ccc([N+](=O)[O-])cc1Cl. The van der Waals surface area contributed by atoms with E-state index in [9.17, 15) is 10.1 Å². The maximum absolute atomic E-state index is 10.8. The van der Waals surface area contributed by atoms with Crippen LogP contribution < -0.4 is 9.47 Å². The molecule has 0 unspecified atom stereocenters. The van der Waals surface area contributed by atoms with Crippen molar-refractivity contribution in [1.82, 2.24) is 14.9 Å². The first-order valence-electron chi connectivity index (χ1n) is 8.31. The minimum Gasteiger partial charge on any atom is -0.496 e. The Balaban J connectivity index is 1.81. The smallest absolute Gasteiger partial charge is 0.271 e. The lowest BCUT2D eigenvalue weighted by Gasteiger charge is -2.12. The summed E-state index contributed by atoms with van der Waals surface area (Å²) in [4.78, 5) is 10.3. The van der Waals surface area contributed by atoms with Crippen molar-refractivity contribution in [2.75, 3.05) is 7.11 Å². The van der Waals surface area contributed by atoms with Crippen molar-refractivity contribution >= 4 is 35.7 Å². The molecule has 2 aromatic carbocycles. The van der Waals surface area contributed by atoms with E-state index in [0.717, 1.165) is 11.1 Å². The summed E-state index contributed by atoms with van der Waals surface area (Å²) >= 11 is 11.2. The average Bonchev–Trinajstić information content (AvgIpc) is 3.02. The van der Waals surface area contributed by atoms with Crippen LogP contribution in [0.1, 0.15) is 17.0 Å². The summed E-state index contributed by atoms with van der Waals surface area (Å²) in [5, 5.41) is 22.0. The van der Waals surface area contributed by atoms with Crippen molar-refractivity contribution in [2.24, 2.45) is 5.10 Å². The third-order valence-electron chi connectivity index (χ3n) is 3.95. The molecule has 1 aromatic heterocycles. The van der Waals surface area contributed by atoms with Gasteiger partial charge in [0.2, 0.25) is 4.77 Å². The number of nitro benzene ring substituents is 1. The number of non-ortho nitro benzene ring substituents is 1. The van der Waals surface area contributed by atoms with Crippen LogP contribution in [-0.4, -0.2) is 33.1 Å². The normalized spacial score (nSPS) is 11.0. The van der Waals surface area contributed by atoms with Crippen molar-refractivity contribution in [3.05, 3.63) is 73.3 Å². The third kappa shape index (κ3) is 4.79. The summed E-state index contributed by atoms with van der Waals surface area (Å²) in [6.45, 7) is 1.93. The molecule has 1 heterocycles. The standard InChI is InChI=1S/C18H16ClN5O4S/c1-11-21-22-18(29)23(11)20-9-12-3-5-16(27-2)13(7-12)10-28-17-6-4-14(24(25)26)8-15(17)19/h3-9H,10H2,1-2H3,(H,22,29)/b20-9-. The second kappa shape index (κ2) is 8.84. The highest BCUT2D eigenvalue weighted by atomic mass is 35.5. The molecule has 0 bridgehead atoms. The number of methoxy groups -OCH3 is 1. The fourth-order valence-electron chi connectivity index (χ4n) is 2.50. The Morgan fingerprint density at radius 3 is 2.72 bits per heavy atom. The zero-order chi connectivity index (χ0) is 21.0. The molecule has 0 fully saturated rings. The van der Waals surface area contributed by atoms with Gasteiger partial charge in [0.15, 0.2) is 0 Å². The number of benzene rings is 2. The number of halogens is 1. The highest BCUT2D eigenvalue weighted by Crippen LogP contribution is 2.30. The molecule has 0 aliphatic rings. The predicted octanol–water partition coefficient (Wildman–Crippen LogP) is 4.28. The van der Waals surface area contributed by atoms with Gasteiger partial charge in [-0.3, -0.25) is 15.2 Å². The molecule has 0 aliphatic carbocycles. The minimum atomic E-state index is -0.518. The number of H-pyrrole nitrogens is 1. The Labute approximate surface area is 175 Å². The molecule has 150 valence electrons. The molecule has 0 aliphatic heterocycles. The number of nitro groups is 1. The zero-order valence-corrected chi connectivity index (χ0v) is 17.0. The average molecular weight is 434 g/mol. The van der Waals surface area contributed by atoms with Crippen LogP contribution in [0.15, 0.2) is 41.5 Å². The van der Waals surface area contributed by atoms with E-state index < -0.39 is 4.92 Å². The lowest BCUT2D eigenvalue weighted by Crippen LogP contribution is -2.01. The molecule has 0 spiro atoms. The number of aromatic nitrogens is 3. The molecular weight excluding hydrogens is 418 g/mol. The molecule has 9 nitrogen and oxygen atoms in total. The summed E-state index contributed by atoms with van der Waals surface area (Å²) in [5.74, 6) is 1.59. The Morgan fingerprint density at radius 2 is 2.10 bits per heavy atom. The van der Waals surface area contributed by atoms with Crippen LogP contribution in [0.3, 0.4) is 0 Å². The highest BCUT2D eigenvalue weighted by molar-refractivity contribution is 7.71.